The van der Waals surface area contributed by atoms with Crippen molar-refractivity contribution in [3.05, 3.63) is 23.8 Å². The van der Waals surface area contributed by atoms with Crippen molar-refractivity contribution in [3.63, 3.8) is 0 Å². The zero-order valence-electron chi connectivity index (χ0n) is 18.8. The Kier molecular flexibility index (Phi) is 6.10. The summed E-state index contributed by atoms with van der Waals surface area (Å²) in [6, 6.07) is 0. The molecule has 0 amide bonds. The summed E-state index contributed by atoms with van der Waals surface area (Å²) >= 11 is 5.79. The Balaban J connectivity index is 0.000000668. The van der Waals surface area contributed by atoms with Gasteiger partial charge in [-0.1, -0.05) is 25.5 Å². The number of Topliss-reactive ketones (excluding diaryl/α,β-unsaturated/α-hetero) is 2. The number of hydrogen-bond acceptors (Lipinski definition) is 5. The van der Waals surface area contributed by atoms with E-state index in [0.717, 1.165) is 6.92 Å². The molecule has 0 bridgehead atoms. The number of rotatable bonds is 2. The zero-order valence-corrected chi connectivity index (χ0v) is 19.5. The highest BCUT2D eigenvalue weighted by Gasteiger charge is 2.75. The van der Waals surface area contributed by atoms with Crippen LogP contribution in [-0.4, -0.2) is 50.7 Å². The molecule has 2 N–H and O–H groups in total. The first kappa shape index (κ1) is 24.8. The quantitative estimate of drug-likeness (QED) is 0.601. The summed E-state index contributed by atoms with van der Waals surface area (Å²) in [4.78, 5) is 46.8. The van der Waals surface area contributed by atoms with Crippen LogP contribution >= 0.6 is 11.6 Å². The molecule has 0 aromatic heterocycles. The largest absolute Gasteiger partial charge is 0.481 e. The van der Waals surface area contributed by atoms with Crippen LogP contribution < -0.4 is 0 Å². The highest BCUT2D eigenvalue weighted by atomic mass is 35.5. The van der Waals surface area contributed by atoms with Crippen LogP contribution in [-0.2, 0) is 19.2 Å². The summed E-state index contributed by atoms with van der Waals surface area (Å²) < 4.78 is 16.8. The SMILES string of the molecule is CC(=O)O.C[C@H]1C[C@H]2[C@@H]3CCC4=CC(=O)C=C[C@]4(C)[C@@]3(F)C(=O)C[C@]2(C)[C@@]1(O)C(=O)CCl. The van der Waals surface area contributed by atoms with Crippen molar-refractivity contribution in [1.29, 1.82) is 0 Å². The minimum absolute atomic E-state index is 0.181. The van der Waals surface area contributed by atoms with Crippen LogP contribution in [0.2, 0.25) is 0 Å². The average Bonchev–Trinajstić information content (AvgIpc) is 2.90. The Bertz CT molecular complexity index is 939. The lowest BCUT2D eigenvalue weighted by atomic mass is 9.45. The molecule has 0 heterocycles. The lowest BCUT2D eigenvalue weighted by Gasteiger charge is -2.59. The van der Waals surface area contributed by atoms with E-state index in [0.29, 0.717) is 24.8 Å². The number of allylic oxidation sites excluding steroid dienone is 4. The normalized spacial score (nSPS) is 44.5. The maximum absolute atomic E-state index is 16.8. The lowest BCUT2D eigenvalue weighted by Crippen LogP contribution is -2.68. The van der Waals surface area contributed by atoms with E-state index >= 15 is 4.39 Å². The van der Waals surface area contributed by atoms with Gasteiger partial charge in [-0.3, -0.25) is 19.2 Å². The second-order valence-electron chi connectivity index (χ2n) is 10.1. The minimum Gasteiger partial charge on any atom is -0.481 e. The highest BCUT2D eigenvalue weighted by Crippen LogP contribution is 2.69. The third kappa shape index (κ3) is 3.07. The van der Waals surface area contributed by atoms with E-state index in [4.69, 9.17) is 21.5 Å². The second kappa shape index (κ2) is 7.87. The van der Waals surface area contributed by atoms with Crippen LogP contribution in [0.25, 0.3) is 0 Å². The van der Waals surface area contributed by atoms with Gasteiger partial charge in [0, 0.05) is 30.1 Å². The first-order chi connectivity index (χ1) is 14.7. The molecule has 3 saturated carbocycles. The molecular weight excluding hydrogens is 439 g/mol. The predicted octanol–water partition coefficient (Wildman–Crippen LogP) is 3.44. The number of ketones is 3. The van der Waals surface area contributed by atoms with Crippen molar-refractivity contribution in [2.24, 2.45) is 28.6 Å². The standard InChI is InChI=1S/C22H26ClFO4.C2H4O2/c1-12-8-16-15-5-4-13-9-14(25)6-7-19(13,2)21(15,24)17(26)10-20(16,3)22(12,28)18(27)11-23;1-2(3)4/h6-7,9,12,15-16,28H,4-5,8,10-11H2,1-3H3;1H3,(H,3,4)/t12-,15-,16-,19-,20-,21-,22-;/m0./s1. The number of alkyl halides is 2. The number of halogens is 2. The smallest absolute Gasteiger partial charge is 0.300 e. The van der Waals surface area contributed by atoms with Crippen molar-refractivity contribution in [3.8, 4) is 0 Å². The van der Waals surface area contributed by atoms with Gasteiger partial charge >= 0.3 is 0 Å². The summed E-state index contributed by atoms with van der Waals surface area (Å²) in [5.74, 6) is -3.76. The van der Waals surface area contributed by atoms with Gasteiger partial charge in [0.2, 0.25) is 0 Å². The van der Waals surface area contributed by atoms with E-state index in [1.54, 1.807) is 26.8 Å². The third-order valence-electron chi connectivity index (χ3n) is 8.53. The van der Waals surface area contributed by atoms with Gasteiger partial charge < -0.3 is 10.2 Å². The topological polar surface area (TPSA) is 109 Å². The van der Waals surface area contributed by atoms with Gasteiger partial charge in [-0.15, -0.1) is 11.6 Å². The van der Waals surface area contributed by atoms with E-state index in [2.05, 4.69) is 0 Å². The van der Waals surface area contributed by atoms with Gasteiger partial charge in [-0.05, 0) is 50.2 Å². The third-order valence-corrected chi connectivity index (χ3v) is 8.77. The fourth-order valence-corrected chi connectivity index (χ4v) is 7.17. The molecule has 176 valence electrons. The molecule has 4 aliphatic rings. The Morgan fingerprint density at radius 1 is 1.25 bits per heavy atom. The number of carboxylic acids is 1. The average molecular weight is 469 g/mol. The molecule has 4 aliphatic carbocycles. The van der Waals surface area contributed by atoms with E-state index < -0.39 is 51.5 Å². The summed E-state index contributed by atoms with van der Waals surface area (Å²) in [7, 11) is 0. The van der Waals surface area contributed by atoms with Crippen molar-refractivity contribution in [2.45, 2.75) is 64.6 Å². The molecule has 4 rings (SSSR count). The first-order valence-corrected chi connectivity index (χ1v) is 11.4. The molecule has 7 atom stereocenters. The molecular formula is C24H30ClFO6. The second-order valence-corrected chi connectivity index (χ2v) is 10.3. The summed E-state index contributed by atoms with van der Waals surface area (Å²) in [5.41, 5.74) is -5.42. The van der Waals surface area contributed by atoms with E-state index in [9.17, 15) is 19.5 Å². The van der Waals surface area contributed by atoms with Crippen LogP contribution in [0.3, 0.4) is 0 Å². The van der Waals surface area contributed by atoms with Gasteiger partial charge in [0.15, 0.2) is 23.0 Å². The number of carbonyl (C=O) groups excluding carboxylic acids is 3. The van der Waals surface area contributed by atoms with E-state index in [1.807, 2.05) is 0 Å². The maximum atomic E-state index is 16.8. The monoisotopic (exact) mass is 468 g/mol. The Morgan fingerprint density at radius 3 is 2.41 bits per heavy atom. The molecule has 32 heavy (non-hydrogen) atoms. The van der Waals surface area contributed by atoms with Crippen LogP contribution in [0.1, 0.15) is 53.4 Å². The fourth-order valence-electron chi connectivity index (χ4n) is 6.97. The molecule has 0 aromatic rings. The Morgan fingerprint density at radius 2 is 1.84 bits per heavy atom. The predicted molar refractivity (Wildman–Crippen MR) is 116 cm³/mol. The molecule has 3 fully saturated rings. The van der Waals surface area contributed by atoms with Crippen molar-refractivity contribution in [2.75, 3.05) is 5.88 Å². The number of aliphatic carboxylic acids is 1. The van der Waals surface area contributed by atoms with Gasteiger partial charge in [0.05, 0.1) is 5.88 Å². The molecule has 0 unspecified atom stereocenters. The molecule has 0 aliphatic heterocycles. The van der Waals surface area contributed by atoms with E-state index in [1.165, 1.54) is 12.2 Å². The molecule has 0 aromatic carbocycles. The Hall–Kier alpha value is -1.86. The summed E-state index contributed by atoms with van der Waals surface area (Å²) in [6.07, 6.45) is 5.56. The lowest BCUT2D eigenvalue weighted by molar-refractivity contribution is -0.185. The molecule has 8 heteroatoms. The first-order valence-electron chi connectivity index (χ1n) is 10.9. The van der Waals surface area contributed by atoms with E-state index in [-0.39, 0.29) is 24.0 Å². The van der Waals surface area contributed by atoms with Crippen LogP contribution in [0.4, 0.5) is 4.39 Å². The molecule has 0 radical (unpaired) electrons. The molecule has 0 spiro atoms. The zero-order chi connectivity index (χ0) is 24.3. The van der Waals surface area contributed by atoms with Crippen LogP contribution in [0.15, 0.2) is 23.8 Å². The number of aliphatic hydroxyl groups is 1. The van der Waals surface area contributed by atoms with Crippen molar-refractivity contribution < 1.29 is 33.8 Å². The number of fused-ring (bicyclic) bond motifs is 5. The van der Waals surface area contributed by atoms with Gasteiger partial charge in [0.1, 0.15) is 5.60 Å². The van der Waals surface area contributed by atoms with Crippen LogP contribution in [0, 0.1) is 28.6 Å². The number of carbonyl (C=O) groups is 4. The van der Waals surface area contributed by atoms with Gasteiger partial charge in [-0.25, -0.2) is 4.39 Å². The fraction of sp³-hybridized carbons (Fsp3) is 0.667. The summed E-state index contributed by atoms with van der Waals surface area (Å²) in [5, 5.41) is 18.8. The number of hydrogen-bond donors (Lipinski definition) is 2. The minimum atomic E-state index is -2.15. The Labute approximate surface area is 191 Å². The highest BCUT2D eigenvalue weighted by molar-refractivity contribution is 6.29. The molecule has 6 nitrogen and oxygen atoms in total. The van der Waals surface area contributed by atoms with Crippen molar-refractivity contribution in [1.82, 2.24) is 0 Å². The number of carboxylic acid groups (broad SMARTS) is 1. The molecule has 0 saturated heterocycles. The summed E-state index contributed by atoms with van der Waals surface area (Å²) in [6.45, 7) is 6.31. The maximum Gasteiger partial charge on any atom is 0.300 e. The van der Waals surface area contributed by atoms with Crippen LogP contribution in [0.5, 0.6) is 0 Å². The van der Waals surface area contributed by atoms with Crippen molar-refractivity contribution >= 4 is 34.9 Å². The van der Waals surface area contributed by atoms with Gasteiger partial charge in [-0.2, -0.15) is 0 Å². The van der Waals surface area contributed by atoms with Gasteiger partial charge in [0.25, 0.3) is 5.97 Å².